The molecule has 0 saturated carbocycles. The maximum Gasteiger partial charge on any atom is 0.0886 e. The molecule has 2 nitrogen and oxygen atoms in total. The molecule has 0 N–H and O–H groups in total. The standard InChI is InChI=1S/C27H20N2/c1-19-5-7-20(8-6-19)22-11-9-21-10-12-23(17-25(21)16-22)24-13-14-27(29-18-24)26-4-2-3-15-28-26/h2-18H,1H3. The number of benzene rings is 3. The van der Waals surface area contributed by atoms with Gasteiger partial charge in [0.15, 0.2) is 0 Å². The summed E-state index contributed by atoms with van der Waals surface area (Å²) in [6.45, 7) is 2.11. The van der Waals surface area contributed by atoms with Gasteiger partial charge in [-0.15, -0.1) is 0 Å². The van der Waals surface area contributed by atoms with Gasteiger partial charge >= 0.3 is 0 Å². The van der Waals surface area contributed by atoms with Crippen molar-refractivity contribution in [3.05, 3.63) is 109 Å². The van der Waals surface area contributed by atoms with Gasteiger partial charge in [-0.3, -0.25) is 9.97 Å². The second-order valence-corrected chi connectivity index (χ2v) is 7.29. The third-order valence-corrected chi connectivity index (χ3v) is 5.25. The molecule has 0 amide bonds. The summed E-state index contributed by atoms with van der Waals surface area (Å²) in [6, 6.07) is 31.9. The van der Waals surface area contributed by atoms with Gasteiger partial charge in [0.25, 0.3) is 0 Å². The minimum absolute atomic E-state index is 0.886. The number of nitrogens with zero attached hydrogens (tertiary/aromatic N) is 2. The van der Waals surface area contributed by atoms with Crippen molar-refractivity contribution in [3.8, 4) is 33.6 Å². The van der Waals surface area contributed by atoms with Crippen LogP contribution in [0.2, 0.25) is 0 Å². The van der Waals surface area contributed by atoms with Crippen molar-refractivity contribution in [1.29, 1.82) is 0 Å². The van der Waals surface area contributed by atoms with E-state index in [4.69, 9.17) is 0 Å². The fourth-order valence-corrected chi connectivity index (χ4v) is 3.58. The zero-order chi connectivity index (χ0) is 19.6. The van der Waals surface area contributed by atoms with Gasteiger partial charge in [0.2, 0.25) is 0 Å². The van der Waals surface area contributed by atoms with Crippen LogP contribution in [0.1, 0.15) is 5.56 Å². The molecule has 5 rings (SSSR count). The van der Waals surface area contributed by atoms with Gasteiger partial charge < -0.3 is 0 Å². The van der Waals surface area contributed by atoms with Crippen molar-refractivity contribution in [2.24, 2.45) is 0 Å². The summed E-state index contributed by atoms with van der Waals surface area (Å²) in [4.78, 5) is 8.99. The highest BCUT2D eigenvalue weighted by Gasteiger charge is 2.05. The molecule has 3 aromatic carbocycles. The predicted molar refractivity (Wildman–Crippen MR) is 121 cm³/mol. The lowest BCUT2D eigenvalue weighted by Gasteiger charge is -2.08. The van der Waals surface area contributed by atoms with Gasteiger partial charge in [-0.2, -0.15) is 0 Å². The molecule has 0 fully saturated rings. The Bertz CT molecular complexity index is 1270. The van der Waals surface area contributed by atoms with Crippen molar-refractivity contribution in [2.75, 3.05) is 0 Å². The van der Waals surface area contributed by atoms with E-state index in [0.29, 0.717) is 0 Å². The van der Waals surface area contributed by atoms with E-state index in [1.165, 1.54) is 33.0 Å². The number of hydrogen-bond acceptors (Lipinski definition) is 2. The summed E-state index contributed by atoms with van der Waals surface area (Å²) in [5.41, 5.74) is 7.80. The summed E-state index contributed by atoms with van der Waals surface area (Å²) in [7, 11) is 0. The highest BCUT2D eigenvalue weighted by atomic mass is 14.8. The lowest BCUT2D eigenvalue weighted by Crippen LogP contribution is -1.87. The molecule has 2 heteroatoms. The SMILES string of the molecule is Cc1ccc(-c2ccc3ccc(-c4ccc(-c5ccccn5)nc4)cc3c2)cc1. The van der Waals surface area contributed by atoms with E-state index in [2.05, 4.69) is 83.6 Å². The van der Waals surface area contributed by atoms with Crippen LogP contribution in [0.4, 0.5) is 0 Å². The molecule has 2 aromatic heterocycles. The van der Waals surface area contributed by atoms with Crippen LogP contribution < -0.4 is 0 Å². The molecule has 0 radical (unpaired) electrons. The molecule has 0 spiro atoms. The Hall–Kier alpha value is -3.78. The Morgan fingerprint density at radius 3 is 1.83 bits per heavy atom. The molecule has 0 aliphatic heterocycles. The van der Waals surface area contributed by atoms with E-state index in [0.717, 1.165) is 17.0 Å². The maximum absolute atomic E-state index is 4.62. The van der Waals surface area contributed by atoms with Gasteiger partial charge in [0.1, 0.15) is 0 Å². The predicted octanol–water partition coefficient (Wildman–Crippen LogP) is 6.94. The number of aromatic nitrogens is 2. The van der Waals surface area contributed by atoms with E-state index in [-0.39, 0.29) is 0 Å². The largest absolute Gasteiger partial charge is 0.255 e. The highest BCUT2D eigenvalue weighted by molar-refractivity contribution is 5.91. The minimum atomic E-state index is 0.886. The van der Waals surface area contributed by atoms with Crippen LogP contribution in [0, 0.1) is 6.92 Å². The number of hydrogen-bond donors (Lipinski definition) is 0. The first kappa shape index (κ1) is 17.3. The quantitative estimate of drug-likeness (QED) is 0.343. The van der Waals surface area contributed by atoms with Gasteiger partial charge in [-0.25, -0.2) is 0 Å². The minimum Gasteiger partial charge on any atom is -0.255 e. The molecule has 138 valence electrons. The van der Waals surface area contributed by atoms with Crippen molar-refractivity contribution in [2.45, 2.75) is 6.92 Å². The van der Waals surface area contributed by atoms with E-state index >= 15 is 0 Å². The molecular formula is C27H20N2. The Balaban J connectivity index is 1.51. The highest BCUT2D eigenvalue weighted by Crippen LogP contribution is 2.29. The molecular weight excluding hydrogens is 352 g/mol. The number of pyridine rings is 2. The third-order valence-electron chi connectivity index (χ3n) is 5.25. The van der Waals surface area contributed by atoms with Crippen LogP contribution in [0.25, 0.3) is 44.4 Å². The summed E-state index contributed by atoms with van der Waals surface area (Å²) in [5.74, 6) is 0. The summed E-state index contributed by atoms with van der Waals surface area (Å²) in [6.07, 6.45) is 3.72. The first-order chi connectivity index (χ1) is 14.3. The maximum atomic E-state index is 4.62. The monoisotopic (exact) mass is 372 g/mol. The molecule has 0 atom stereocenters. The van der Waals surface area contributed by atoms with Crippen molar-refractivity contribution >= 4 is 10.8 Å². The summed E-state index contributed by atoms with van der Waals surface area (Å²) in [5, 5.41) is 2.47. The smallest absolute Gasteiger partial charge is 0.0886 e. The Morgan fingerprint density at radius 2 is 1.17 bits per heavy atom. The van der Waals surface area contributed by atoms with Crippen LogP contribution in [-0.4, -0.2) is 9.97 Å². The summed E-state index contributed by atoms with van der Waals surface area (Å²) < 4.78 is 0. The van der Waals surface area contributed by atoms with Gasteiger partial charge in [0.05, 0.1) is 11.4 Å². The molecule has 0 aliphatic carbocycles. The van der Waals surface area contributed by atoms with E-state index in [9.17, 15) is 0 Å². The molecule has 0 bridgehead atoms. The van der Waals surface area contributed by atoms with E-state index in [1.807, 2.05) is 30.5 Å². The van der Waals surface area contributed by atoms with Gasteiger partial charge in [0, 0.05) is 18.0 Å². The first-order valence-corrected chi connectivity index (χ1v) is 9.75. The van der Waals surface area contributed by atoms with E-state index < -0.39 is 0 Å². The van der Waals surface area contributed by atoms with Crippen LogP contribution in [0.15, 0.2) is 103 Å². The zero-order valence-electron chi connectivity index (χ0n) is 16.2. The van der Waals surface area contributed by atoms with Crippen molar-refractivity contribution in [3.63, 3.8) is 0 Å². The van der Waals surface area contributed by atoms with Crippen molar-refractivity contribution < 1.29 is 0 Å². The number of fused-ring (bicyclic) bond motifs is 1. The third kappa shape index (κ3) is 3.53. The normalized spacial score (nSPS) is 10.9. The van der Waals surface area contributed by atoms with Gasteiger partial charge in [-0.05, 0) is 64.7 Å². The lowest BCUT2D eigenvalue weighted by molar-refractivity contribution is 1.25. The Morgan fingerprint density at radius 1 is 0.517 bits per heavy atom. The lowest BCUT2D eigenvalue weighted by atomic mass is 9.97. The molecule has 0 aliphatic rings. The van der Waals surface area contributed by atoms with Crippen LogP contribution in [-0.2, 0) is 0 Å². The second-order valence-electron chi connectivity index (χ2n) is 7.29. The zero-order valence-corrected chi connectivity index (χ0v) is 16.2. The first-order valence-electron chi connectivity index (χ1n) is 9.75. The average Bonchev–Trinajstić information content (AvgIpc) is 2.79. The Kier molecular flexibility index (Phi) is 4.38. The molecule has 0 saturated heterocycles. The van der Waals surface area contributed by atoms with Crippen LogP contribution in [0.3, 0.4) is 0 Å². The number of rotatable bonds is 3. The molecule has 29 heavy (non-hydrogen) atoms. The second kappa shape index (κ2) is 7.33. The summed E-state index contributed by atoms with van der Waals surface area (Å²) >= 11 is 0. The fourth-order valence-electron chi connectivity index (χ4n) is 3.58. The van der Waals surface area contributed by atoms with E-state index in [1.54, 1.807) is 6.20 Å². The molecule has 5 aromatic rings. The van der Waals surface area contributed by atoms with Crippen molar-refractivity contribution in [1.82, 2.24) is 9.97 Å². The topological polar surface area (TPSA) is 25.8 Å². The van der Waals surface area contributed by atoms with Crippen LogP contribution >= 0.6 is 0 Å². The Labute approximate surface area is 170 Å². The fraction of sp³-hybridized carbons (Fsp3) is 0.0370. The number of aryl methyl sites for hydroxylation is 1. The molecule has 2 heterocycles. The van der Waals surface area contributed by atoms with Gasteiger partial charge in [-0.1, -0.05) is 66.2 Å². The molecule has 0 unspecified atom stereocenters. The van der Waals surface area contributed by atoms with Crippen LogP contribution in [0.5, 0.6) is 0 Å². The average molecular weight is 372 g/mol.